The highest BCUT2D eigenvalue weighted by atomic mass is 35.5. The number of aromatic nitrogens is 2. The number of unbranched alkanes of at least 4 members (excludes halogenated alkanes) is 1. The van der Waals surface area contributed by atoms with Gasteiger partial charge < -0.3 is 10.1 Å². The van der Waals surface area contributed by atoms with E-state index in [0.29, 0.717) is 30.1 Å². The molecule has 1 N–H and O–H groups in total. The average Bonchev–Trinajstić information content (AvgIpc) is 2.45. The highest BCUT2D eigenvalue weighted by Gasteiger charge is 2.08. The van der Waals surface area contributed by atoms with Gasteiger partial charge in [-0.05, 0) is 19.3 Å². The fourth-order valence-corrected chi connectivity index (χ4v) is 2.21. The number of rotatable bonds is 10. The number of ether oxygens (including phenoxy) is 1. The standard InChI is InChI=1S/C15H26ClN3O/c1-4-7-8-12(5-2)10-17-14-9-13(16)18-15(19-14)11-20-6-3/h9,12H,4-8,10-11H2,1-3H3,(H,17,18,19). The molecule has 0 radical (unpaired) electrons. The lowest BCUT2D eigenvalue weighted by molar-refractivity contribution is 0.128. The quantitative estimate of drug-likeness (QED) is 0.655. The van der Waals surface area contributed by atoms with Crippen LogP contribution in [0.4, 0.5) is 5.82 Å². The van der Waals surface area contributed by atoms with E-state index < -0.39 is 0 Å². The molecule has 114 valence electrons. The van der Waals surface area contributed by atoms with Gasteiger partial charge in [-0.25, -0.2) is 9.97 Å². The predicted molar refractivity (Wildman–Crippen MR) is 84.2 cm³/mol. The summed E-state index contributed by atoms with van der Waals surface area (Å²) in [7, 11) is 0. The van der Waals surface area contributed by atoms with Crippen molar-refractivity contribution in [3.8, 4) is 0 Å². The largest absolute Gasteiger partial charge is 0.374 e. The number of nitrogens with zero attached hydrogens (tertiary/aromatic N) is 2. The number of hydrogen-bond donors (Lipinski definition) is 1. The first kappa shape index (κ1) is 17.2. The second-order valence-corrected chi connectivity index (χ2v) is 5.31. The highest BCUT2D eigenvalue weighted by molar-refractivity contribution is 6.29. The van der Waals surface area contributed by atoms with E-state index in [1.807, 2.05) is 6.92 Å². The molecule has 1 unspecified atom stereocenters. The van der Waals surface area contributed by atoms with Crippen molar-refractivity contribution in [3.63, 3.8) is 0 Å². The minimum Gasteiger partial charge on any atom is -0.374 e. The van der Waals surface area contributed by atoms with E-state index >= 15 is 0 Å². The number of hydrogen-bond acceptors (Lipinski definition) is 4. The number of anilines is 1. The molecule has 0 aromatic carbocycles. The van der Waals surface area contributed by atoms with E-state index in [4.69, 9.17) is 16.3 Å². The normalized spacial score (nSPS) is 12.4. The third kappa shape index (κ3) is 6.53. The predicted octanol–water partition coefficient (Wildman–Crippen LogP) is 4.29. The molecule has 4 nitrogen and oxygen atoms in total. The van der Waals surface area contributed by atoms with Crippen LogP contribution in [0.5, 0.6) is 0 Å². The summed E-state index contributed by atoms with van der Waals surface area (Å²) < 4.78 is 5.32. The summed E-state index contributed by atoms with van der Waals surface area (Å²) in [6.45, 7) is 8.38. The molecule has 0 bridgehead atoms. The fraction of sp³-hybridized carbons (Fsp3) is 0.733. The Hall–Kier alpha value is -0.870. The number of nitrogens with one attached hydrogen (secondary N) is 1. The molecule has 1 heterocycles. The Morgan fingerprint density at radius 2 is 2.10 bits per heavy atom. The topological polar surface area (TPSA) is 47.0 Å². The van der Waals surface area contributed by atoms with Gasteiger partial charge in [-0.1, -0.05) is 44.7 Å². The molecule has 0 fully saturated rings. The van der Waals surface area contributed by atoms with Crippen molar-refractivity contribution in [2.24, 2.45) is 5.92 Å². The van der Waals surface area contributed by atoms with Crippen molar-refractivity contribution in [2.75, 3.05) is 18.5 Å². The van der Waals surface area contributed by atoms with Crippen LogP contribution in [0.1, 0.15) is 52.3 Å². The summed E-state index contributed by atoms with van der Waals surface area (Å²) in [5.74, 6) is 2.09. The Labute approximate surface area is 127 Å². The Kier molecular flexibility index (Phi) is 8.54. The van der Waals surface area contributed by atoms with Gasteiger partial charge in [-0.3, -0.25) is 0 Å². The van der Waals surface area contributed by atoms with Crippen molar-refractivity contribution >= 4 is 17.4 Å². The molecule has 1 aromatic rings. The van der Waals surface area contributed by atoms with Crippen LogP contribution in [0.3, 0.4) is 0 Å². The minimum absolute atomic E-state index is 0.402. The Morgan fingerprint density at radius 3 is 2.75 bits per heavy atom. The Balaban J connectivity index is 2.55. The summed E-state index contributed by atoms with van der Waals surface area (Å²) in [6, 6.07) is 1.77. The maximum atomic E-state index is 6.02. The molecule has 1 atom stereocenters. The van der Waals surface area contributed by atoms with Gasteiger partial charge in [-0.2, -0.15) is 0 Å². The van der Waals surface area contributed by atoms with Crippen LogP contribution in [-0.4, -0.2) is 23.1 Å². The van der Waals surface area contributed by atoms with E-state index in [9.17, 15) is 0 Å². The van der Waals surface area contributed by atoms with Crippen LogP contribution in [0.15, 0.2) is 6.07 Å². The smallest absolute Gasteiger partial charge is 0.158 e. The molecular weight excluding hydrogens is 274 g/mol. The first-order valence-electron chi connectivity index (χ1n) is 7.54. The van der Waals surface area contributed by atoms with Gasteiger partial charge in [0.2, 0.25) is 0 Å². The summed E-state index contributed by atoms with van der Waals surface area (Å²) >= 11 is 6.02. The summed E-state index contributed by atoms with van der Waals surface area (Å²) in [5.41, 5.74) is 0. The molecular formula is C15H26ClN3O. The molecule has 0 spiro atoms. The maximum absolute atomic E-state index is 6.02. The lowest BCUT2D eigenvalue weighted by atomic mass is 9.99. The third-order valence-electron chi connectivity index (χ3n) is 3.29. The summed E-state index contributed by atoms with van der Waals surface area (Å²) in [6.07, 6.45) is 4.96. The van der Waals surface area contributed by atoms with E-state index in [-0.39, 0.29) is 0 Å². The van der Waals surface area contributed by atoms with Crippen LogP contribution in [-0.2, 0) is 11.3 Å². The van der Waals surface area contributed by atoms with Gasteiger partial charge in [0.15, 0.2) is 5.82 Å². The van der Waals surface area contributed by atoms with Gasteiger partial charge in [-0.15, -0.1) is 0 Å². The minimum atomic E-state index is 0.402. The van der Waals surface area contributed by atoms with Crippen molar-refractivity contribution in [3.05, 3.63) is 17.0 Å². The zero-order chi connectivity index (χ0) is 14.8. The van der Waals surface area contributed by atoms with Crippen LogP contribution >= 0.6 is 11.6 Å². The SMILES string of the molecule is CCCCC(CC)CNc1cc(Cl)nc(COCC)n1. The van der Waals surface area contributed by atoms with Gasteiger partial charge in [0, 0.05) is 19.2 Å². The van der Waals surface area contributed by atoms with Crippen LogP contribution < -0.4 is 5.32 Å². The molecule has 0 saturated carbocycles. The molecule has 5 heteroatoms. The third-order valence-corrected chi connectivity index (χ3v) is 3.49. The Morgan fingerprint density at radius 1 is 1.30 bits per heavy atom. The summed E-state index contributed by atoms with van der Waals surface area (Å²) in [4.78, 5) is 8.58. The molecule has 1 aromatic heterocycles. The van der Waals surface area contributed by atoms with Crippen LogP contribution in [0.2, 0.25) is 5.15 Å². The maximum Gasteiger partial charge on any atom is 0.158 e. The van der Waals surface area contributed by atoms with Crippen molar-refractivity contribution < 1.29 is 4.74 Å². The highest BCUT2D eigenvalue weighted by Crippen LogP contribution is 2.16. The first-order valence-corrected chi connectivity index (χ1v) is 7.92. The summed E-state index contributed by atoms with van der Waals surface area (Å²) in [5, 5.41) is 3.83. The number of halogens is 1. The zero-order valence-electron chi connectivity index (χ0n) is 12.8. The molecule has 0 aliphatic rings. The van der Waals surface area contributed by atoms with Gasteiger partial charge >= 0.3 is 0 Å². The van der Waals surface area contributed by atoms with Crippen molar-refractivity contribution in [1.29, 1.82) is 0 Å². The monoisotopic (exact) mass is 299 g/mol. The van der Waals surface area contributed by atoms with Crippen molar-refractivity contribution in [2.45, 2.75) is 53.1 Å². The van der Waals surface area contributed by atoms with E-state index in [0.717, 1.165) is 12.4 Å². The average molecular weight is 300 g/mol. The van der Waals surface area contributed by atoms with E-state index in [1.54, 1.807) is 6.07 Å². The molecule has 1 rings (SSSR count). The van der Waals surface area contributed by atoms with E-state index in [2.05, 4.69) is 29.1 Å². The second kappa shape index (κ2) is 9.94. The molecule has 0 saturated heterocycles. The molecule has 0 amide bonds. The second-order valence-electron chi connectivity index (χ2n) is 4.93. The van der Waals surface area contributed by atoms with Crippen LogP contribution in [0.25, 0.3) is 0 Å². The zero-order valence-corrected chi connectivity index (χ0v) is 13.5. The lowest BCUT2D eigenvalue weighted by Crippen LogP contribution is -2.15. The van der Waals surface area contributed by atoms with E-state index in [1.165, 1.54) is 25.7 Å². The van der Waals surface area contributed by atoms with Crippen LogP contribution in [0, 0.1) is 5.92 Å². The molecule has 0 aliphatic carbocycles. The first-order chi connectivity index (χ1) is 9.69. The van der Waals surface area contributed by atoms with Gasteiger partial charge in [0.1, 0.15) is 17.6 Å². The van der Waals surface area contributed by atoms with Gasteiger partial charge in [0.25, 0.3) is 0 Å². The molecule has 20 heavy (non-hydrogen) atoms. The lowest BCUT2D eigenvalue weighted by Gasteiger charge is -2.16. The van der Waals surface area contributed by atoms with Gasteiger partial charge in [0.05, 0.1) is 0 Å². The van der Waals surface area contributed by atoms with Crippen molar-refractivity contribution in [1.82, 2.24) is 9.97 Å². The molecule has 0 aliphatic heterocycles. The fourth-order valence-electron chi connectivity index (χ4n) is 2.01. The Bertz CT molecular complexity index is 387.